The van der Waals surface area contributed by atoms with Gasteiger partial charge in [0.15, 0.2) is 5.82 Å². The summed E-state index contributed by atoms with van der Waals surface area (Å²) in [6, 6.07) is 13.1. The average Bonchev–Trinajstić information content (AvgIpc) is 3.79. The van der Waals surface area contributed by atoms with Crippen LogP contribution in [0.1, 0.15) is 78.9 Å². The smallest absolute Gasteiger partial charge is 0.315 e. The summed E-state index contributed by atoms with van der Waals surface area (Å²) in [5.41, 5.74) is 2.81. The van der Waals surface area contributed by atoms with Crippen LogP contribution in [0.3, 0.4) is 0 Å². The minimum atomic E-state index is -0.458. The molecular weight excluding hydrogens is 713 g/mol. The number of urea groups is 1. The van der Waals surface area contributed by atoms with Gasteiger partial charge in [0.1, 0.15) is 0 Å². The van der Waals surface area contributed by atoms with E-state index < -0.39 is 5.91 Å². The standard InChI is InChI=1S/C35H41Cl2N9O4S/c36-21-13-14-26-23(18-21)31(22-8-3-4-9-24(22)37)41-19-28-43-33(45-46(26)28)34(49)40-17-16-39-30(48)11-2-1-7-15-38-29(47)12-6-5-10-27-32-25(20-51-27)42-35(50)44-32/h3-4,8-9,13-14,18,25,27,32H,1-2,5-7,10-12,15-17,19-20H2,(H,38,47)(H,39,48)(H,40,49)(H2,42,44,50)/t25-,27?,32-/m1/s1. The molecule has 3 aromatic rings. The second-order valence-electron chi connectivity index (χ2n) is 12.7. The molecule has 16 heteroatoms. The van der Waals surface area contributed by atoms with E-state index in [2.05, 4.69) is 36.7 Å². The first-order chi connectivity index (χ1) is 24.8. The number of carbonyl (C=O) groups excluding carboxylic acids is 4. The highest BCUT2D eigenvalue weighted by Crippen LogP contribution is 2.33. The largest absolute Gasteiger partial charge is 0.356 e. The van der Waals surface area contributed by atoms with Gasteiger partial charge in [-0.05, 0) is 49.9 Å². The van der Waals surface area contributed by atoms with Crippen LogP contribution in [-0.2, 0) is 16.1 Å². The monoisotopic (exact) mass is 753 g/mol. The molecule has 3 aliphatic heterocycles. The molecule has 270 valence electrons. The van der Waals surface area contributed by atoms with Gasteiger partial charge in [0, 0.05) is 64.7 Å². The highest BCUT2D eigenvalue weighted by Gasteiger charge is 2.42. The number of fused-ring (bicyclic) bond motifs is 4. The van der Waals surface area contributed by atoms with E-state index in [-0.39, 0.29) is 55.4 Å². The Kier molecular flexibility index (Phi) is 12.5. The van der Waals surface area contributed by atoms with Crippen LogP contribution in [-0.4, -0.2) is 86.9 Å². The molecule has 1 unspecified atom stereocenters. The van der Waals surface area contributed by atoms with E-state index in [1.807, 2.05) is 36.0 Å². The van der Waals surface area contributed by atoms with Gasteiger partial charge >= 0.3 is 6.03 Å². The van der Waals surface area contributed by atoms with Gasteiger partial charge in [-0.1, -0.05) is 54.2 Å². The van der Waals surface area contributed by atoms with Gasteiger partial charge < -0.3 is 26.6 Å². The van der Waals surface area contributed by atoms with E-state index in [1.165, 1.54) is 0 Å². The first-order valence-electron chi connectivity index (χ1n) is 17.3. The van der Waals surface area contributed by atoms with Crippen LogP contribution in [0, 0.1) is 0 Å². The van der Waals surface area contributed by atoms with Crippen LogP contribution in [0.4, 0.5) is 4.79 Å². The summed E-state index contributed by atoms with van der Waals surface area (Å²) < 4.78 is 1.60. The third-order valence-corrected chi connectivity index (χ3v) is 11.1. The zero-order valence-corrected chi connectivity index (χ0v) is 30.4. The topological polar surface area (TPSA) is 172 Å². The second-order valence-corrected chi connectivity index (χ2v) is 14.8. The van der Waals surface area contributed by atoms with Gasteiger partial charge in [-0.3, -0.25) is 19.4 Å². The number of halogens is 2. The fourth-order valence-electron chi connectivity index (χ4n) is 6.46. The molecule has 3 aliphatic rings. The third kappa shape index (κ3) is 9.40. The van der Waals surface area contributed by atoms with Crippen molar-refractivity contribution in [1.82, 2.24) is 41.3 Å². The zero-order valence-electron chi connectivity index (χ0n) is 28.1. The summed E-state index contributed by atoms with van der Waals surface area (Å²) in [4.78, 5) is 58.1. The van der Waals surface area contributed by atoms with Gasteiger partial charge in [0.05, 0.1) is 30.0 Å². The Labute approximate surface area is 310 Å². The molecule has 1 aromatic heterocycles. The third-order valence-electron chi connectivity index (χ3n) is 9.04. The molecule has 2 fully saturated rings. The maximum Gasteiger partial charge on any atom is 0.315 e. The van der Waals surface area contributed by atoms with E-state index in [1.54, 1.807) is 22.9 Å². The SMILES string of the molecule is O=C(CCCCC1SC[C@H]2NC(=O)N[C@@H]12)NCCCCCC(=O)NCCNC(=O)c1nc2n(n1)-c1ccc(Cl)cc1C(c1ccccc1Cl)=NC2. The molecule has 0 saturated carbocycles. The number of benzene rings is 2. The van der Waals surface area contributed by atoms with E-state index >= 15 is 0 Å². The molecule has 13 nitrogen and oxygen atoms in total. The van der Waals surface area contributed by atoms with E-state index in [0.29, 0.717) is 58.3 Å². The second kappa shape index (κ2) is 17.4. The van der Waals surface area contributed by atoms with Gasteiger partial charge in [-0.25, -0.2) is 14.5 Å². The van der Waals surface area contributed by atoms with Crippen molar-refractivity contribution in [3.8, 4) is 5.69 Å². The van der Waals surface area contributed by atoms with Gasteiger partial charge in [0.2, 0.25) is 17.6 Å². The molecule has 2 saturated heterocycles. The van der Waals surface area contributed by atoms with Crippen molar-refractivity contribution in [2.75, 3.05) is 25.4 Å². The molecule has 5 amide bonds. The molecule has 2 aromatic carbocycles. The first-order valence-corrected chi connectivity index (χ1v) is 19.1. The van der Waals surface area contributed by atoms with E-state index in [9.17, 15) is 19.2 Å². The van der Waals surface area contributed by atoms with Crippen molar-refractivity contribution in [3.05, 3.63) is 75.3 Å². The maximum atomic E-state index is 12.9. The molecule has 6 rings (SSSR count). The van der Waals surface area contributed by atoms with E-state index in [0.717, 1.165) is 49.0 Å². The van der Waals surface area contributed by atoms with Crippen LogP contribution in [0.2, 0.25) is 10.0 Å². The molecule has 5 N–H and O–H groups in total. The van der Waals surface area contributed by atoms with Gasteiger partial charge in [0.25, 0.3) is 5.91 Å². The van der Waals surface area contributed by atoms with Crippen LogP contribution in [0.25, 0.3) is 5.69 Å². The summed E-state index contributed by atoms with van der Waals surface area (Å²) in [5, 5.41) is 20.5. The lowest BCUT2D eigenvalue weighted by molar-refractivity contribution is -0.122. The Morgan fingerprint density at radius 2 is 1.65 bits per heavy atom. The number of amides is 5. The molecule has 0 bridgehead atoms. The number of unbranched alkanes of at least 4 members (excludes halogenated alkanes) is 3. The Morgan fingerprint density at radius 1 is 0.882 bits per heavy atom. The van der Waals surface area contributed by atoms with Crippen LogP contribution >= 0.6 is 35.0 Å². The normalized spacial score (nSPS) is 18.7. The zero-order chi connectivity index (χ0) is 35.7. The lowest BCUT2D eigenvalue weighted by Crippen LogP contribution is -2.36. The Morgan fingerprint density at radius 3 is 2.47 bits per heavy atom. The number of aliphatic imine (C=N–C) groups is 1. The maximum absolute atomic E-state index is 12.9. The quantitative estimate of drug-likeness (QED) is 0.108. The fraction of sp³-hybridized carbons (Fsp3) is 0.457. The number of nitrogens with zero attached hydrogens (tertiary/aromatic N) is 4. The number of thioether (sulfide) groups is 1. The number of hydrogen-bond acceptors (Lipinski definition) is 8. The lowest BCUT2D eigenvalue weighted by Gasteiger charge is -2.16. The number of aromatic nitrogens is 3. The summed E-state index contributed by atoms with van der Waals surface area (Å²) >= 11 is 14.7. The van der Waals surface area contributed by atoms with Crippen LogP contribution in [0.5, 0.6) is 0 Å². The summed E-state index contributed by atoms with van der Waals surface area (Å²) in [6.07, 6.45) is 5.97. The Balaban J connectivity index is 0.843. The van der Waals surface area contributed by atoms with Crippen LogP contribution in [0.15, 0.2) is 47.5 Å². The highest BCUT2D eigenvalue weighted by atomic mass is 35.5. The van der Waals surface area contributed by atoms with E-state index in [4.69, 9.17) is 28.2 Å². The molecule has 3 atom stereocenters. The molecule has 0 radical (unpaired) electrons. The molecular formula is C35H41Cl2N9O4S. The molecule has 0 aliphatic carbocycles. The number of rotatable bonds is 16. The average molecular weight is 755 g/mol. The highest BCUT2D eigenvalue weighted by molar-refractivity contribution is 8.00. The first kappa shape index (κ1) is 36.6. The predicted molar refractivity (Wildman–Crippen MR) is 198 cm³/mol. The Hall–Kier alpha value is -4.14. The Bertz CT molecular complexity index is 1800. The van der Waals surface area contributed by atoms with Crippen molar-refractivity contribution in [1.29, 1.82) is 0 Å². The molecule has 0 spiro atoms. The van der Waals surface area contributed by atoms with Gasteiger partial charge in [-0.2, -0.15) is 11.8 Å². The summed E-state index contributed by atoms with van der Waals surface area (Å²) in [5.74, 6) is 0.933. The molecule has 4 heterocycles. The van der Waals surface area contributed by atoms with Crippen molar-refractivity contribution >= 4 is 64.4 Å². The minimum absolute atomic E-state index is 0.0000418. The lowest BCUT2D eigenvalue weighted by atomic mass is 10.0. The summed E-state index contributed by atoms with van der Waals surface area (Å²) in [6.45, 7) is 1.26. The fourth-order valence-corrected chi connectivity index (χ4v) is 8.40. The van der Waals surface area contributed by atoms with Crippen molar-refractivity contribution < 1.29 is 19.2 Å². The van der Waals surface area contributed by atoms with Crippen molar-refractivity contribution in [2.24, 2.45) is 4.99 Å². The number of carbonyl (C=O) groups is 4. The van der Waals surface area contributed by atoms with Crippen molar-refractivity contribution in [2.45, 2.75) is 75.2 Å². The minimum Gasteiger partial charge on any atom is -0.356 e. The van der Waals surface area contributed by atoms with Crippen molar-refractivity contribution in [3.63, 3.8) is 0 Å². The number of hydrogen-bond donors (Lipinski definition) is 5. The van der Waals surface area contributed by atoms with Gasteiger partial charge in [-0.15, -0.1) is 5.10 Å². The summed E-state index contributed by atoms with van der Waals surface area (Å²) in [7, 11) is 0. The number of nitrogens with one attached hydrogen (secondary N) is 5. The molecule has 51 heavy (non-hydrogen) atoms. The van der Waals surface area contributed by atoms with Crippen LogP contribution < -0.4 is 26.6 Å². The predicted octanol–water partition coefficient (Wildman–Crippen LogP) is 4.17.